The highest BCUT2D eigenvalue weighted by Gasteiger charge is 2.28. The van der Waals surface area contributed by atoms with Crippen molar-refractivity contribution < 1.29 is 12.8 Å². The van der Waals surface area contributed by atoms with Crippen molar-refractivity contribution in [2.45, 2.75) is 25.8 Å². The van der Waals surface area contributed by atoms with E-state index in [0.29, 0.717) is 25.5 Å². The van der Waals surface area contributed by atoms with Gasteiger partial charge in [0.25, 0.3) is 0 Å². The van der Waals surface area contributed by atoms with Gasteiger partial charge in [-0.2, -0.15) is 0 Å². The molecular formula is C17H27FN4O2S. The molecule has 1 aromatic carbocycles. The standard InChI is InChI=1S/C17H27FN4O2S/c1-3-19-17(21-15-8-11-25(23,24)13-15)20-9-5-10-22(2)16-7-4-6-14(18)12-16/h4,6-7,12,15H,3,5,8-11,13H2,1-2H3,(H2,19,20,21). The van der Waals surface area contributed by atoms with Gasteiger partial charge < -0.3 is 15.5 Å². The highest BCUT2D eigenvalue weighted by atomic mass is 32.2. The summed E-state index contributed by atoms with van der Waals surface area (Å²) in [4.78, 5) is 6.50. The third-order valence-electron chi connectivity index (χ3n) is 4.09. The first kappa shape index (κ1) is 19.5. The summed E-state index contributed by atoms with van der Waals surface area (Å²) in [7, 11) is -0.987. The number of guanidine groups is 1. The van der Waals surface area contributed by atoms with Crippen LogP contribution in [0.4, 0.5) is 10.1 Å². The first-order valence-corrected chi connectivity index (χ1v) is 10.4. The van der Waals surface area contributed by atoms with Gasteiger partial charge in [-0.15, -0.1) is 0 Å². The van der Waals surface area contributed by atoms with Gasteiger partial charge in [-0.05, 0) is 38.0 Å². The van der Waals surface area contributed by atoms with E-state index in [4.69, 9.17) is 0 Å². The maximum absolute atomic E-state index is 13.2. The third-order valence-corrected chi connectivity index (χ3v) is 5.86. The number of halogens is 1. The summed E-state index contributed by atoms with van der Waals surface area (Å²) in [5, 5.41) is 6.34. The summed E-state index contributed by atoms with van der Waals surface area (Å²) in [5.74, 6) is 0.813. The average molecular weight is 370 g/mol. The number of hydrogen-bond acceptors (Lipinski definition) is 4. The maximum atomic E-state index is 13.2. The molecule has 25 heavy (non-hydrogen) atoms. The molecule has 0 spiro atoms. The van der Waals surface area contributed by atoms with Crippen LogP contribution in [-0.4, -0.2) is 58.6 Å². The number of nitrogens with zero attached hydrogens (tertiary/aromatic N) is 2. The van der Waals surface area contributed by atoms with Crippen molar-refractivity contribution in [3.8, 4) is 0 Å². The third kappa shape index (κ3) is 6.53. The molecule has 0 radical (unpaired) electrons. The molecule has 6 nitrogen and oxygen atoms in total. The molecule has 1 fully saturated rings. The molecule has 0 aromatic heterocycles. The SMILES string of the molecule is CCNC(=NCCCN(C)c1cccc(F)c1)NC1CCS(=O)(=O)C1. The minimum absolute atomic E-state index is 0.0715. The van der Waals surface area contributed by atoms with E-state index < -0.39 is 9.84 Å². The lowest BCUT2D eigenvalue weighted by Gasteiger charge is -2.19. The van der Waals surface area contributed by atoms with Crippen LogP contribution >= 0.6 is 0 Å². The summed E-state index contributed by atoms with van der Waals surface area (Å²) in [5.41, 5.74) is 0.838. The molecule has 8 heteroatoms. The Labute approximate surface area is 149 Å². The Morgan fingerprint density at radius 2 is 2.24 bits per heavy atom. The molecule has 1 aliphatic heterocycles. The van der Waals surface area contributed by atoms with Crippen molar-refractivity contribution in [3.05, 3.63) is 30.1 Å². The summed E-state index contributed by atoms with van der Waals surface area (Å²) in [6.45, 7) is 4.05. The van der Waals surface area contributed by atoms with Crippen molar-refractivity contribution in [1.82, 2.24) is 10.6 Å². The molecule has 2 rings (SSSR count). The predicted molar refractivity (Wildman–Crippen MR) is 100 cm³/mol. The van der Waals surface area contributed by atoms with Crippen LogP contribution in [0.3, 0.4) is 0 Å². The number of aliphatic imine (C=N–C) groups is 1. The normalized spacial score (nSPS) is 19.6. The molecule has 0 saturated carbocycles. The highest BCUT2D eigenvalue weighted by molar-refractivity contribution is 7.91. The Hall–Kier alpha value is -1.83. The lowest BCUT2D eigenvalue weighted by Crippen LogP contribution is -2.44. The molecule has 0 amide bonds. The van der Waals surface area contributed by atoms with E-state index >= 15 is 0 Å². The highest BCUT2D eigenvalue weighted by Crippen LogP contribution is 2.14. The monoisotopic (exact) mass is 370 g/mol. The smallest absolute Gasteiger partial charge is 0.191 e. The lowest BCUT2D eigenvalue weighted by atomic mass is 10.2. The molecule has 1 heterocycles. The molecule has 1 saturated heterocycles. The minimum atomic E-state index is -2.91. The van der Waals surface area contributed by atoms with Gasteiger partial charge in [0.05, 0.1) is 11.5 Å². The zero-order chi connectivity index (χ0) is 18.3. The van der Waals surface area contributed by atoms with Gasteiger partial charge in [0.15, 0.2) is 15.8 Å². The van der Waals surface area contributed by atoms with Gasteiger partial charge in [0.1, 0.15) is 5.82 Å². The van der Waals surface area contributed by atoms with E-state index in [2.05, 4.69) is 15.6 Å². The zero-order valence-electron chi connectivity index (χ0n) is 14.8. The lowest BCUT2D eigenvalue weighted by molar-refractivity contribution is 0.599. The fourth-order valence-electron chi connectivity index (χ4n) is 2.76. The Bertz CT molecular complexity index is 694. The minimum Gasteiger partial charge on any atom is -0.374 e. The van der Waals surface area contributed by atoms with Crippen LogP contribution in [0.25, 0.3) is 0 Å². The second-order valence-corrected chi connectivity index (χ2v) is 8.49. The molecular weight excluding hydrogens is 343 g/mol. The molecule has 1 atom stereocenters. The van der Waals surface area contributed by atoms with Crippen LogP contribution in [0, 0.1) is 5.82 Å². The summed E-state index contributed by atoms with van der Waals surface area (Å²) < 4.78 is 36.3. The van der Waals surface area contributed by atoms with E-state index in [9.17, 15) is 12.8 Å². The van der Waals surface area contributed by atoms with Crippen LogP contribution in [-0.2, 0) is 9.84 Å². The number of rotatable bonds is 7. The maximum Gasteiger partial charge on any atom is 0.191 e. The largest absolute Gasteiger partial charge is 0.374 e. The van der Waals surface area contributed by atoms with Gasteiger partial charge in [0, 0.05) is 38.4 Å². The van der Waals surface area contributed by atoms with Gasteiger partial charge in [0.2, 0.25) is 0 Å². The van der Waals surface area contributed by atoms with E-state index in [1.807, 2.05) is 24.9 Å². The molecule has 140 valence electrons. The first-order valence-electron chi connectivity index (χ1n) is 8.61. The van der Waals surface area contributed by atoms with Crippen molar-refractivity contribution in [3.63, 3.8) is 0 Å². The van der Waals surface area contributed by atoms with Gasteiger partial charge >= 0.3 is 0 Å². The number of sulfone groups is 1. The average Bonchev–Trinajstić information content (AvgIpc) is 2.90. The zero-order valence-corrected chi connectivity index (χ0v) is 15.7. The van der Waals surface area contributed by atoms with Crippen LogP contribution in [0.5, 0.6) is 0 Å². The van der Waals surface area contributed by atoms with Gasteiger partial charge in [-0.3, -0.25) is 4.99 Å². The molecule has 1 unspecified atom stereocenters. The Kier molecular flexibility index (Phi) is 7.04. The fourth-order valence-corrected chi connectivity index (χ4v) is 4.44. The van der Waals surface area contributed by atoms with Gasteiger partial charge in [-0.25, -0.2) is 12.8 Å². The molecule has 1 aliphatic rings. The number of nitrogens with one attached hydrogen (secondary N) is 2. The van der Waals surface area contributed by atoms with Crippen molar-refractivity contribution in [2.24, 2.45) is 4.99 Å². The topological polar surface area (TPSA) is 73.8 Å². The molecule has 0 bridgehead atoms. The summed E-state index contributed by atoms with van der Waals surface area (Å²) in [6.07, 6.45) is 1.43. The van der Waals surface area contributed by atoms with Crippen LogP contribution in [0.1, 0.15) is 19.8 Å². The van der Waals surface area contributed by atoms with Crippen LogP contribution < -0.4 is 15.5 Å². The quantitative estimate of drug-likeness (QED) is 0.431. The molecule has 1 aromatic rings. The summed E-state index contributed by atoms with van der Waals surface area (Å²) in [6, 6.07) is 6.44. The second kappa shape index (κ2) is 9.03. The predicted octanol–water partition coefficient (Wildman–Crippen LogP) is 1.39. The number of benzene rings is 1. The molecule has 2 N–H and O–H groups in total. The Morgan fingerprint density at radius 3 is 2.88 bits per heavy atom. The van der Waals surface area contributed by atoms with E-state index in [-0.39, 0.29) is 23.4 Å². The number of anilines is 1. The van der Waals surface area contributed by atoms with E-state index in [0.717, 1.165) is 18.7 Å². The van der Waals surface area contributed by atoms with Gasteiger partial charge in [-0.1, -0.05) is 6.07 Å². The Morgan fingerprint density at radius 1 is 1.44 bits per heavy atom. The second-order valence-electron chi connectivity index (χ2n) is 6.26. The van der Waals surface area contributed by atoms with E-state index in [1.165, 1.54) is 12.1 Å². The van der Waals surface area contributed by atoms with Crippen molar-refractivity contribution in [2.75, 3.05) is 43.1 Å². The van der Waals surface area contributed by atoms with Crippen LogP contribution in [0.15, 0.2) is 29.3 Å². The van der Waals surface area contributed by atoms with Crippen molar-refractivity contribution >= 4 is 21.5 Å². The number of hydrogen-bond donors (Lipinski definition) is 2. The van der Waals surface area contributed by atoms with Crippen molar-refractivity contribution in [1.29, 1.82) is 0 Å². The first-order chi connectivity index (χ1) is 11.9. The fraction of sp³-hybridized carbons (Fsp3) is 0.588. The summed E-state index contributed by atoms with van der Waals surface area (Å²) >= 11 is 0. The molecule has 0 aliphatic carbocycles. The Balaban J connectivity index is 1.80. The van der Waals surface area contributed by atoms with Crippen LogP contribution in [0.2, 0.25) is 0 Å². The van der Waals surface area contributed by atoms with E-state index in [1.54, 1.807) is 6.07 Å².